The summed E-state index contributed by atoms with van der Waals surface area (Å²) in [5.74, 6) is -0.214. The standard InChI is InChI=1S/C8H5F3N4O2/c9-8(10,11)3-1-4-6(13-14-7(4)12)5(2-3)15(16)17/h1-2H,(H3,12,13,14). The number of anilines is 1. The lowest BCUT2D eigenvalue weighted by atomic mass is 10.1. The lowest BCUT2D eigenvalue weighted by Crippen LogP contribution is -2.06. The Balaban J connectivity index is 2.83. The molecule has 90 valence electrons. The Kier molecular flexibility index (Phi) is 2.19. The van der Waals surface area contributed by atoms with Crippen LogP contribution >= 0.6 is 0 Å². The Hall–Kier alpha value is -2.32. The average Bonchev–Trinajstić information content (AvgIpc) is 2.58. The van der Waals surface area contributed by atoms with E-state index in [0.29, 0.717) is 6.07 Å². The number of non-ortho nitro benzene ring substituents is 1. The van der Waals surface area contributed by atoms with E-state index < -0.39 is 22.4 Å². The lowest BCUT2D eigenvalue weighted by molar-refractivity contribution is -0.383. The highest BCUT2D eigenvalue weighted by Gasteiger charge is 2.34. The maximum atomic E-state index is 12.5. The number of H-pyrrole nitrogens is 1. The van der Waals surface area contributed by atoms with E-state index in [2.05, 4.69) is 10.2 Å². The number of rotatable bonds is 1. The summed E-state index contributed by atoms with van der Waals surface area (Å²) in [7, 11) is 0. The van der Waals surface area contributed by atoms with Gasteiger partial charge in [0, 0.05) is 6.07 Å². The third kappa shape index (κ3) is 1.75. The molecule has 0 radical (unpaired) electrons. The number of nitrogens with two attached hydrogens (primary N) is 1. The molecular formula is C8H5F3N4O2. The number of nitro benzene ring substituents is 1. The molecule has 1 heterocycles. The molecule has 0 spiro atoms. The molecule has 6 nitrogen and oxygen atoms in total. The molecule has 2 aromatic rings. The van der Waals surface area contributed by atoms with E-state index in [-0.39, 0.29) is 16.7 Å². The first-order chi connectivity index (χ1) is 7.80. The first-order valence-corrected chi connectivity index (χ1v) is 4.30. The van der Waals surface area contributed by atoms with Crippen molar-refractivity contribution in [2.24, 2.45) is 0 Å². The zero-order valence-electron chi connectivity index (χ0n) is 8.08. The fourth-order valence-corrected chi connectivity index (χ4v) is 1.43. The van der Waals surface area contributed by atoms with E-state index in [4.69, 9.17) is 5.73 Å². The molecule has 0 aliphatic carbocycles. The van der Waals surface area contributed by atoms with Crippen molar-refractivity contribution >= 4 is 22.4 Å². The van der Waals surface area contributed by atoms with E-state index in [1.807, 2.05) is 0 Å². The highest BCUT2D eigenvalue weighted by Crippen LogP contribution is 2.36. The minimum Gasteiger partial charge on any atom is -0.382 e. The van der Waals surface area contributed by atoms with Crippen LogP contribution in [0.25, 0.3) is 10.9 Å². The van der Waals surface area contributed by atoms with Crippen molar-refractivity contribution < 1.29 is 18.1 Å². The largest absolute Gasteiger partial charge is 0.416 e. The van der Waals surface area contributed by atoms with Crippen LogP contribution in [0.2, 0.25) is 0 Å². The minimum absolute atomic E-state index is 0.119. The summed E-state index contributed by atoms with van der Waals surface area (Å²) >= 11 is 0. The number of alkyl halides is 3. The molecule has 2 rings (SSSR count). The lowest BCUT2D eigenvalue weighted by Gasteiger charge is -2.06. The molecule has 0 aliphatic rings. The second-order valence-corrected chi connectivity index (χ2v) is 3.28. The number of nitro groups is 1. The molecule has 9 heteroatoms. The Morgan fingerprint density at radius 3 is 2.59 bits per heavy atom. The van der Waals surface area contributed by atoms with Crippen molar-refractivity contribution in [3.63, 3.8) is 0 Å². The summed E-state index contributed by atoms with van der Waals surface area (Å²) in [6.45, 7) is 0. The van der Waals surface area contributed by atoms with Gasteiger partial charge in [0.1, 0.15) is 5.52 Å². The van der Waals surface area contributed by atoms with E-state index in [1.54, 1.807) is 0 Å². The number of hydrogen-bond acceptors (Lipinski definition) is 4. The van der Waals surface area contributed by atoms with Gasteiger partial charge in [-0.3, -0.25) is 15.2 Å². The molecule has 0 atom stereocenters. The number of aromatic amines is 1. The summed E-state index contributed by atoms with van der Waals surface area (Å²) < 4.78 is 37.5. The second-order valence-electron chi connectivity index (χ2n) is 3.28. The van der Waals surface area contributed by atoms with Crippen LogP contribution in [0.5, 0.6) is 0 Å². The topological polar surface area (TPSA) is 97.8 Å². The van der Waals surface area contributed by atoms with Gasteiger partial charge < -0.3 is 5.73 Å². The van der Waals surface area contributed by atoms with Crippen LogP contribution < -0.4 is 5.73 Å². The maximum Gasteiger partial charge on any atom is 0.416 e. The predicted octanol–water partition coefficient (Wildman–Crippen LogP) is 2.07. The number of nitrogen functional groups attached to an aromatic ring is 1. The number of aromatic nitrogens is 2. The van der Waals surface area contributed by atoms with Gasteiger partial charge in [0.2, 0.25) is 0 Å². The van der Waals surface area contributed by atoms with Crippen LogP contribution in [0.1, 0.15) is 5.56 Å². The number of nitrogens with zero attached hydrogens (tertiary/aromatic N) is 2. The normalized spacial score (nSPS) is 11.9. The summed E-state index contributed by atoms with van der Waals surface area (Å²) in [5, 5.41) is 16.2. The molecule has 0 amide bonds. The van der Waals surface area contributed by atoms with Crippen molar-refractivity contribution in [1.29, 1.82) is 0 Å². The molecule has 3 N–H and O–H groups in total. The van der Waals surface area contributed by atoms with E-state index >= 15 is 0 Å². The summed E-state index contributed by atoms with van der Waals surface area (Å²) in [5.41, 5.74) is 3.36. The van der Waals surface area contributed by atoms with Gasteiger partial charge >= 0.3 is 6.18 Å². The van der Waals surface area contributed by atoms with Gasteiger partial charge in [0.25, 0.3) is 5.69 Å². The molecule has 1 aromatic heterocycles. The summed E-state index contributed by atoms with van der Waals surface area (Å²) in [6.07, 6.45) is -4.68. The van der Waals surface area contributed by atoms with E-state index in [9.17, 15) is 23.3 Å². The maximum absolute atomic E-state index is 12.5. The minimum atomic E-state index is -4.68. The van der Waals surface area contributed by atoms with Crippen LogP contribution in [0.4, 0.5) is 24.7 Å². The zero-order valence-corrected chi connectivity index (χ0v) is 8.08. The third-order valence-corrected chi connectivity index (χ3v) is 2.21. The Morgan fingerprint density at radius 1 is 1.41 bits per heavy atom. The molecule has 0 saturated heterocycles. The van der Waals surface area contributed by atoms with Crippen LogP contribution in [0.3, 0.4) is 0 Å². The van der Waals surface area contributed by atoms with Crippen LogP contribution in [-0.4, -0.2) is 15.1 Å². The predicted molar refractivity (Wildman–Crippen MR) is 52.2 cm³/mol. The highest BCUT2D eigenvalue weighted by atomic mass is 19.4. The van der Waals surface area contributed by atoms with Gasteiger partial charge in [0.15, 0.2) is 5.82 Å². The van der Waals surface area contributed by atoms with Crippen LogP contribution in [0, 0.1) is 10.1 Å². The second kappa shape index (κ2) is 3.34. The SMILES string of the molecule is Nc1n[nH]c2c([N+](=O)[O-])cc(C(F)(F)F)cc12. The van der Waals surface area contributed by atoms with Gasteiger partial charge in [-0.15, -0.1) is 0 Å². The zero-order chi connectivity index (χ0) is 12.8. The molecule has 0 bridgehead atoms. The van der Waals surface area contributed by atoms with E-state index in [0.717, 1.165) is 6.07 Å². The molecule has 0 saturated carbocycles. The van der Waals surface area contributed by atoms with Crippen LogP contribution in [0.15, 0.2) is 12.1 Å². The number of hydrogen-bond donors (Lipinski definition) is 2. The third-order valence-electron chi connectivity index (χ3n) is 2.21. The Labute approximate surface area is 91.4 Å². The smallest absolute Gasteiger partial charge is 0.382 e. The first kappa shape index (κ1) is 11.2. The van der Waals surface area contributed by atoms with Crippen molar-refractivity contribution in [2.45, 2.75) is 6.18 Å². The van der Waals surface area contributed by atoms with Crippen molar-refractivity contribution in [1.82, 2.24) is 10.2 Å². The highest BCUT2D eigenvalue weighted by molar-refractivity contribution is 5.95. The van der Waals surface area contributed by atoms with Gasteiger partial charge in [0.05, 0.1) is 15.9 Å². The number of halogens is 3. The van der Waals surface area contributed by atoms with Gasteiger partial charge in [-0.1, -0.05) is 0 Å². The molecule has 0 fully saturated rings. The average molecular weight is 246 g/mol. The molecule has 0 aliphatic heterocycles. The van der Waals surface area contributed by atoms with Crippen molar-refractivity contribution in [2.75, 3.05) is 5.73 Å². The molecule has 0 unspecified atom stereocenters. The van der Waals surface area contributed by atoms with Gasteiger partial charge in [-0.25, -0.2) is 0 Å². The van der Waals surface area contributed by atoms with Gasteiger partial charge in [-0.2, -0.15) is 18.3 Å². The number of benzene rings is 1. The fourth-order valence-electron chi connectivity index (χ4n) is 1.43. The molecular weight excluding hydrogens is 241 g/mol. The number of fused-ring (bicyclic) bond motifs is 1. The number of nitrogens with one attached hydrogen (secondary N) is 1. The fraction of sp³-hybridized carbons (Fsp3) is 0.125. The monoisotopic (exact) mass is 246 g/mol. The summed E-state index contributed by atoms with van der Waals surface area (Å²) in [4.78, 5) is 9.73. The molecule has 17 heavy (non-hydrogen) atoms. The van der Waals surface area contributed by atoms with E-state index in [1.165, 1.54) is 0 Å². The summed E-state index contributed by atoms with van der Waals surface area (Å²) in [6, 6.07) is 1.17. The van der Waals surface area contributed by atoms with Crippen molar-refractivity contribution in [3.8, 4) is 0 Å². The Bertz CT molecular complexity index is 605. The Morgan fingerprint density at radius 2 is 2.06 bits per heavy atom. The van der Waals surface area contributed by atoms with Crippen molar-refractivity contribution in [3.05, 3.63) is 27.8 Å². The van der Waals surface area contributed by atoms with Gasteiger partial charge in [-0.05, 0) is 6.07 Å². The molecule has 1 aromatic carbocycles. The first-order valence-electron chi connectivity index (χ1n) is 4.30. The quantitative estimate of drug-likeness (QED) is 0.594. The van der Waals surface area contributed by atoms with Crippen LogP contribution in [-0.2, 0) is 6.18 Å².